The smallest absolute Gasteiger partial charge is 0.155 e. The van der Waals surface area contributed by atoms with Gasteiger partial charge in [-0.1, -0.05) is 6.92 Å². The van der Waals surface area contributed by atoms with E-state index in [1.807, 2.05) is 18.3 Å². The zero-order chi connectivity index (χ0) is 14.5. The Morgan fingerprint density at radius 2 is 2.19 bits per heavy atom. The first-order valence-corrected chi connectivity index (χ1v) is 7.06. The molecule has 0 aliphatic heterocycles. The molecule has 108 valence electrons. The van der Waals surface area contributed by atoms with Gasteiger partial charge in [0.05, 0.1) is 18.4 Å². The molecule has 0 amide bonds. The molecule has 21 heavy (non-hydrogen) atoms. The van der Waals surface area contributed by atoms with Crippen LogP contribution in [0.25, 0.3) is 5.82 Å². The van der Waals surface area contributed by atoms with Crippen molar-refractivity contribution in [3.8, 4) is 5.82 Å². The standard InChI is InChI=1S/C15H18N6/c1-2-7-20-8-3-4-14(20)10-17-13-5-6-15(18-9-13)21-12-16-11-19-21/h3-6,8-9,11-12,17H,2,7,10H2,1H3. The summed E-state index contributed by atoms with van der Waals surface area (Å²) < 4.78 is 3.90. The van der Waals surface area contributed by atoms with E-state index < -0.39 is 0 Å². The van der Waals surface area contributed by atoms with Crippen molar-refractivity contribution in [2.24, 2.45) is 0 Å². The lowest BCUT2D eigenvalue weighted by Crippen LogP contribution is -2.07. The fraction of sp³-hybridized carbons (Fsp3) is 0.267. The van der Waals surface area contributed by atoms with E-state index in [2.05, 4.69) is 50.2 Å². The Morgan fingerprint density at radius 1 is 1.24 bits per heavy atom. The zero-order valence-electron chi connectivity index (χ0n) is 12.0. The van der Waals surface area contributed by atoms with Crippen LogP contribution in [0.2, 0.25) is 0 Å². The Bertz CT molecular complexity index is 669. The molecule has 0 saturated carbocycles. The molecule has 3 aromatic rings. The van der Waals surface area contributed by atoms with Crippen molar-refractivity contribution in [1.29, 1.82) is 0 Å². The van der Waals surface area contributed by atoms with E-state index in [0.29, 0.717) is 0 Å². The minimum Gasteiger partial charge on any atom is -0.378 e. The molecule has 3 rings (SSSR count). The minimum atomic E-state index is 0.757. The summed E-state index contributed by atoms with van der Waals surface area (Å²) in [5.74, 6) is 0.757. The van der Waals surface area contributed by atoms with Crippen molar-refractivity contribution >= 4 is 5.69 Å². The molecule has 0 unspecified atom stereocenters. The molecule has 6 nitrogen and oxygen atoms in total. The van der Waals surface area contributed by atoms with Crippen molar-refractivity contribution in [3.05, 3.63) is 55.0 Å². The number of aromatic nitrogens is 5. The maximum absolute atomic E-state index is 4.37. The van der Waals surface area contributed by atoms with Gasteiger partial charge in [0, 0.05) is 18.4 Å². The fourth-order valence-electron chi connectivity index (χ4n) is 2.21. The molecule has 0 bridgehead atoms. The van der Waals surface area contributed by atoms with Gasteiger partial charge in [-0.25, -0.2) is 14.6 Å². The molecule has 0 radical (unpaired) electrons. The van der Waals surface area contributed by atoms with Gasteiger partial charge in [-0.05, 0) is 30.7 Å². The lowest BCUT2D eigenvalue weighted by atomic mass is 10.3. The molecular formula is C15H18N6. The second-order valence-corrected chi connectivity index (χ2v) is 4.79. The van der Waals surface area contributed by atoms with Crippen molar-refractivity contribution in [2.45, 2.75) is 26.4 Å². The first kappa shape index (κ1) is 13.4. The van der Waals surface area contributed by atoms with Gasteiger partial charge in [0.2, 0.25) is 0 Å². The third kappa shape index (κ3) is 3.10. The molecule has 0 aromatic carbocycles. The highest BCUT2D eigenvalue weighted by Gasteiger charge is 2.02. The molecule has 3 heterocycles. The first-order chi connectivity index (χ1) is 10.4. The van der Waals surface area contributed by atoms with Gasteiger partial charge in [0.25, 0.3) is 0 Å². The predicted molar refractivity (Wildman–Crippen MR) is 81.2 cm³/mol. The van der Waals surface area contributed by atoms with Crippen LogP contribution >= 0.6 is 0 Å². The van der Waals surface area contributed by atoms with E-state index in [1.54, 1.807) is 11.0 Å². The van der Waals surface area contributed by atoms with Gasteiger partial charge in [0.15, 0.2) is 5.82 Å². The van der Waals surface area contributed by atoms with Crippen LogP contribution in [0.1, 0.15) is 19.0 Å². The summed E-state index contributed by atoms with van der Waals surface area (Å²) in [7, 11) is 0. The van der Waals surface area contributed by atoms with E-state index in [1.165, 1.54) is 12.0 Å². The Balaban J connectivity index is 1.64. The highest BCUT2D eigenvalue weighted by atomic mass is 15.3. The minimum absolute atomic E-state index is 0.757. The molecule has 0 spiro atoms. The van der Waals surface area contributed by atoms with Crippen LogP contribution in [0.5, 0.6) is 0 Å². The normalized spacial score (nSPS) is 10.7. The number of rotatable bonds is 6. The molecule has 0 atom stereocenters. The van der Waals surface area contributed by atoms with E-state index in [-0.39, 0.29) is 0 Å². The molecule has 0 fully saturated rings. The number of anilines is 1. The van der Waals surface area contributed by atoms with E-state index in [0.717, 1.165) is 31.0 Å². The summed E-state index contributed by atoms with van der Waals surface area (Å²) in [6, 6.07) is 8.14. The molecule has 0 aliphatic rings. The first-order valence-electron chi connectivity index (χ1n) is 7.06. The third-order valence-electron chi connectivity index (χ3n) is 3.26. The molecule has 0 aliphatic carbocycles. The molecule has 3 aromatic heterocycles. The maximum Gasteiger partial charge on any atom is 0.155 e. The number of hydrogen-bond donors (Lipinski definition) is 1. The second-order valence-electron chi connectivity index (χ2n) is 4.79. The number of nitrogens with one attached hydrogen (secondary N) is 1. The van der Waals surface area contributed by atoms with Crippen LogP contribution in [0, 0.1) is 0 Å². The predicted octanol–water partition coefficient (Wildman–Crippen LogP) is 2.49. The summed E-state index contributed by atoms with van der Waals surface area (Å²) in [6.45, 7) is 4.02. The average molecular weight is 282 g/mol. The summed E-state index contributed by atoms with van der Waals surface area (Å²) in [5, 5.41) is 7.44. The Kier molecular flexibility index (Phi) is 3.95. The maximum atomic E-state index is 4.37. The number of aryl methyl sites for hydroxylation is 1. The van der Waals surface area contributed by atoms with Crippen molar-refractivity contribution in [1.82, 2.24) is 24.3 Å². The largest absolute Gasteiger partial charge is 0.378 e. The molecule has 6 heteroatoms. The third-order valence-corrected chi connectivity index (χ3v) is 3.26. The molecule has 1 N–H and O–H groups in total. The fourth-order valence-corrected chi connectivity index (χ4v) is 2.21. The summed E-state index contributed by atoms with van der Waals surface area (Å²) >= 11 is 0. The Morgan fingerprint density at radius 3 is 2.90 bits per heavy atom. The Labute approximate surface area is 123 Å². The topological polar surface area (TPSA) is 60.6 Å². The molecule has 0 saturated heterocycles. The lowest BCUT2D eigenvalue weighted by molar-refractivity contribution is 0.654. The van der Waals surface area contributed by atoms with Gasteiger partial charge < -0.3 is 9.88 Å². The summed E-state index contributed by atoms with van der Waals surface area (Å²) in [4.78, 5) is 8.28. The van der Waals surface area contributed by atoms with E-state index >= 15 is 0 Å². The number of hydrogen-bond acceptors (Lipinski definition) is 4. The highest BCUT2D eigenvalue weighted by Crippen LogP contribution is 2.11. The quantitative estimate of drug-likeness (QED) is 0.754. The van der Waals surface area contributed by atoms with E-state index in [9.17, 15) is 0 Å². The zero-order valence-corrected chi connectivity index (χ0v) is 12.0. The molecular weight excluding hydrogens is 264 g/mol. The second kappa shape index (κ2) is 6.21. The summed E-state index contributed by atoms with van der Waals surface area (Å²) in [6.07, 6.45) is 8.19. The van der Waals surface area contributed by atoms with Crippen LogP contribution in [0.15, 0.2) is 49.3 Å². The van der Waals surface area contributed by atoms with E-state index in [4.69, 9.17) is 0 Å². The number of nitrogens with zero attached hydrogens (tertiary/aromatic N) is 5. The van der Waals surface area contributed by atoms with Gasteiger partial charge >= 0.3 is 0 Å². The van der Waals surface area contributed by atoms with Crippen LogP contribution < -0.4 is 5.32 Å². The van der Waals surface area contributed by atoms with Crippen molar-refractivity contribution in [2.75, 3.05) is 5.32 Å². The Hall–Kier alpha value is -2.63. The average Bonchev–Trinajstić information content (AvgIpc) is 3.18. The van der Waals surface area contributed by atoms with Crippen LogP contribution in [0.3, 0.4) is 0 Å². The highest BCUT2D eigenvalue weighted by molar-refractivity contribution is 5.43. The van der Waals surface area contributed by atoms with Crippen molar-refractivity contribution in [3.63, 3.8) is 0 Å². The monoisotopic (exact) mass is 282 g/mol. The van der Waals surface area contributed by atoms with Gasteiger partial charge in [-0.2, -0.15) is 5.10 Å². The lowest BCUT2D eigenvalue weighted by Gasteiger charge is -2.10. The van der Waals surface area contributed by atoms with Gasteiger partial charge in [-0.3, -0.25) is 0 Å². The van der Waals surface area contributed by atoms with Gasteiger partial charge in [-0.15, -0.1) is 0 Å². The summed E-state index contributed by atoms with van der Waals surface area (Å²) in [5.41, 5.74) is 2.26. The van der Waals surface area contributed by atoms with Crippen LogP contribution in [-0.2, 0) is 13.1 Å². The van der Waals surface area contributed by atoms with Crippen LogP contribution in [0.4, 0.5) is 5.69 Å². The van der Waals surface area contributed by atoms with Crippen molar-refractivity contribution < 1.29 is 0 Å². The van der Waals surface area contributed by atoms with Gasteiger partial charge in [0.1, 0.15) is 12.7 Å². The number of pyridine rings is 1. The van der Waals surface area contributed by atoms with Crippen LogP contribution in [-0.4, -0.2) is 24.3 Å². The SMILES string of the molecule is CCCn1cccc1CNc1ccc(-n2cncn2)nc1.